The lowest BCUT2D eigenvalue weighted by Gasteiger charge is -2.19. The summed E-state index contributed by atoms with van der Waals surface area (Å²) < 4.78 is 18.5. The molecule has 2 atom stereocenters. The van der Waals surface area contributed by atoms with Crippen LogP contribution in [0.2, 0.25) is 5.02 Å². The third kappa shape index (κ3) is 4.46. The van der Waals surface area contributed by atoms with Crippen molar-refractivity contribution in [3.8, 4) is 5.75 Å². The number of carbonyl (C=O) groups is 1. The third-order valence-electron chi connectivity index (χ3n) is 3.22. The van der Waals surface area contributed by atoms with Gasteiger partial charge >= 0.3 is 0 Å². The Kier molecular flexibility index (Phi) is 5.39. The van der Waals surface area contributed by atoms with E-state index in [9.17, 15) is 9.18 Å². The molecular weight excluding hydrogens is 305 g/mol. The normalized spacial score (nSPS) is 13.3. The number of hydrogen-bond acceptors (Lipinski definition) is 2. The molecule has 2 aromatic carbocycles. The first-order valence-electron chi connectivity index (χ1n) is 6.94. The van der Waals surface area contributed by atoms with Gasteiger partial charge < -0.3 is 10.1 Å². The summed E-state index contributed by atoms with van der Waals surface area (Å²) in [5, 5.41) is 3.44. The summed E-state index contributed by atoms with van der Waals surface area (Å²) in [6.07, 6.45) is -0.649. The molecule has 0 radical (unpaired) electrons. The molecule has 1 amide bonds. The van der Waals surface area contributed by atoms with Crippen LogP contribution in [-0.2, 0) is 4.79 Å². The smallest absolute Gasteiger partial charge is 0.261 e. The summed E-state index contributed by atoms with van der Waals surface area (Å²) in [5.41, 5.74) is 0.827. The van der Waals surface area contributed by atoms with Crippen molar-refractivity contribution in [3.05, 3.63) is 64.9 Å². The third-order valence-corrected chi connectivity index (χ3v) is 3.48. The lowest BCUT2D eigenvalue weighted by molar-refractivity contribution is -0.127. The summed E-state index contributed by atoms with van der Waals surface area (Å²) in [6.45, 7) is 3.50. The summed E-state index contributed by atoms with van der Waals surface area (Å²) in [7, 11) is 0. The standard InChI is InChI=1S/C17H17ClFNO2/c1-11(13-3-7-15(19)8-4-13)20-17(21)12(2)22-16-9-5-14(18)6-10-16/h3-12H,1-2H3,(H,20,21)/t11-,12+/m0/s1. The maximum absolute atomic E-state index is 12.9. The summed E-state index contributed by atoms with van der Waals surface area (Å²) >= 11 is 5.80. The predicted octanol–water partition coefficient (Wildman–Crippen LogP) is 4.12. The van der Waals surface area contributed by atoms with Crippen molar-refractivity contribution in [3.63, 3.8) is 0 Å². The van der Waals surface area contributed by atoms with Crippen LogP contribution in [0, 0.1) is 5.82 Å². The Labute approximate surface area is 134 Å². The lowest BCUT2D eigenvalue weighted by atomic mass is 10.1. The highest BCUT2D eigenvalue weighted by atomic mass is 35.5. The summed E-state index contributed by atoms with van der Waals surface area (Å²) in [5.74, 6) is 0.0231. The molecular formula is C17H17ClFNO2. The highest BCUT2D eigenvalue weighted by Crippen LogP contribution is 2.17. The van der Waals surface area contributed by atoms with Gasteiger partial charge in [-0.15, -0.1) is 0 Å². The molecule has 0 aliphatic carbocycles. The van der Waals surface area contributed by atoms with Crippen LogP contribution >= 0.6 is 11.6 Å². The molecule has 0 aliphatic heterocycles. The quantitative estimate of drug-likeness (QED) is 0.899. The minimum absolute atomic E-state index is 0.232. The van der Waals surface area contributed by atoms with Crippen LogP contribution in [-0.4, -0.2) is 12.0 Å². The van der Waals surface area contributed by atoms with E-state index in [1.165, 1.54) is 12.1 Å². The largest absolute Gasteiger partial charge is 0.481 e. The number of rotatable bonds is 5. The minimum atomic E-state index is -0.649. The van der Waals surface area contributed by atoms with Crippen LogP contribution in [0.3, 0.4) is 0 Å². The number of ether oxygens (including phenoxy) is 1. The van der Waals surface area contributed by atoms with Crippen LogP contribution in [0.25, 0.3) is 0 Å². The second-order valence-electron chi connectivity index (χ2n) is 5.00. The zero-order valence-corrected chi connectivity index (χ0v) is 13.1. The molecule has 0 spiro atoms. The van der Waals surface area contributed by atoms with E-state index in [0.717, 1.165) is 5.56 Å². The fourth-order valence-electron chi connectivity index (χ4n) is 1.94. The SMILES string of the molecule is C[C@H](NC(=O)[C@@H](C)Oc1ccc(Cl)cc1)c1ccc(F)cc1. The molecule has 0 saturated heterocycles. The summed E-state index contributed by atoms with van der Waals surface area (Å²) in [4.78, 5) is 12.1. The Hall–Kier alpha value is -2.07. The predicted molar refractivity (Wildman–Crippen MR) is 84.5 cm³/mol. The Bertz CT molecular complexity index is 628. The second-order valence-corrected chi connectivity index (χ2v) is 5.43. The maximum Gasteiger partial charge on any atom is 0.261 e. The van der Waals surface area contributed by atoms with E-state index in [4.69, 9.17) is 16.3 Å². The van der Waals surface area contributed by atoms with Gasteiger partial charge in [-0.3, -0.25) is 4.79 Å². The van der Waals surface area contributed by atoms with Crippen molar-refractivity contribution < 1.29 is 13.9 Å². The fraction of sp³-hybridized carbons (Fsp3) is 0.235. The Balaban J connectivity index is 1.93. The van der Waals surface area contributed by atoms with E-state index in [-0.39, 0.29) is 17.8 Å². The van der Waals surface area contributed by atoms with E-state index < -0.39 is 6.10 Å². The number of benzene rings is 2. The average Bonchev–Trinajstić information content (AvgIpc) is 2.50. The lowest BCUT2D eigenvalue weighted by Crippen LogP contribution is -2.37. The molecule has 22 heavy (non-hydrogen) atoms. The Morgan fingerprint density at radius 1 is 1.09 bits per heavy atom. The molecule has 3 nitrogen and oxygen atoms in total. The number of carbonyl (C=O) groups excluding carboxylic acids is 1. The van der Waals surface area contributed by atoms with E-state index in [2.05, 4.69) is 5.32 Å². The first kappa shape index (κ1) is 16.3. The van der Waals surface area contributed by atoms with Crippen LogP contribution < -0.4 is 10.1 Å². The summed E-state index contributed by atoms with van der Waals surface area (Å²) in [6, 6.07) is 12.6. The first-order valence-corrected chi connectivity index (χ1v) is 7.31. The molecule has 0 unspecified atom stereocenters. The van der Waals surface area contributed by atoms with Crippen molar-refractivity contribution in [2.75, 3.05) is 0 Å². The molecule has 0 bridgehead atoms. The maximum atomic E-state index is 12.9. The number of nitrogens with one attached hydrogen (secondary N) is 1. The van der Waals surface area contributed by atoms with E-state index in [1.807, 2.05) is 6.92 Å². The van der Waals surface area contributed by atoms with Crippen molar-refractivity contribution in [1.29, 1.82) is 0 Å². The molecule has 1 N–H and O–H groups in total. The molecule has 5 heteroatoms. The molecule has 2 rings (SSSR count). The van der Waals surface area contributed by atoms with Crippen molar-refractivity contribution in [1.82, 2.24) is 5.32 Å². The minimum Gasteiger partial charge on any atom is -0.481 e. The van der Waals surface area contributed by atoms with Gasteiger partial charge in [0.2, 0.25) is 0 Å². The van der Waals surface area contributed by atoms with Crippen molar-refractivity contribution in [2.24, 2.45) is 0 Å². The highest BCUT2D eigenvalue weighted by molar-refractivity contribution is 6.30. The average molecular weight is 322 g/mol. The zero-order chi connectivity index (χ0) is 16.1. The van der Waals surface area contributed by atoms with Crippen molar-refractivity contribution in [2.45, 2.75) is 26.0 Å². The number of halogens is 2. The van der Waals surface area contributed by atoms with Gasteiger partial charge in [0.1, 0.15) is 11.6 Å². The number of hydrogen-bond donors (Lipinski definition) is 1. The van der Waals surface area contributed by atoms with Crippen LogP contribution in [0.1, 0.15) is 25.5 Å². The topological polar surface area (TPSA) is 38.3 Å². The molecule has 0 fully saturated rings. The van der Waals surface area contributed by atoms with E-state index >= 15 is 0 Å². The van der Waals surface area contributed by atoms with Crippen molar-refractivity contribution >= 4 is 17.5 Å². The molecule has 0 heterocycles. The monoisotopic (exact) mass is 321 g/mol. The van der Waals surface area contributed by atoms with Gasteiger partial charge in [-0.25, -0.2) is 4.39 Å². The van der Waals surface area contributed by atoms with Gasteiger partial charge in [0.15, 0.2) is 6.10 Å². The second kappa shape index (κ2) is 7.27. The van der Waals surface area contributed by atoms with Crippen LogP contribution in [0.4, 0.5) is 4.39 Å². The molecule has 0 saturated carbocycles. The van der Waals surface area contributed by atoms with Gasteiger partial charge in [0.05, 0.1) is 6.04 Å². The first-order chi connectivity index (χ1) is 10.5. The fourth-order valence-corrected chi connectivity index (χ4v) is 2.06. The van der Waals surface area contributed by atoms with Gasteiger partial charge in [-0.1, -0.05) is 23.7 Å². The van der Waals surface area contributed by atoms with Crippen LogP contribution in [0.5, 0.6) is 5.75 Å². The molecule has 116 valence electrons. The highest BCUT2D eigenvalue weighted by Gasteiger charge is 2.17. The van der Waals surface area contributed by atoms with Gasteiger partial charge in [-0.05, 0) is 55.8 Å². The van der Waals surface area contributed by atoms with E-state index in [1.54, 1.807) is 43.3 Å². The molecule has 0 aliphatic rings. The van der Waals surface area contributed by atoms with Gasteiger partial charge in [0.25, 0.3) is 5.91 Å². The van der Waals surface area contributed by atoms with E-state index in [0.29, 0.717) is 10.8 Å². The van der Waals surface area contributed by atoms with Crippen LogP contribution in [0.15, 0.2) is 48.5 Å². The molecule has 0 aromatic heterocycles. The Morgan fingerprint density at radius 3 is 2.27 bits per heavy atom. The van der Waals surface area contributed by atoms with Gasteiger partial charge in [-0.2, -0.15) is 0 Å². The Morgan fingerprint density at radius 2 is 1.68 bits per heavy atom. The van der Waals surface area contributed by atoms with Gasteiger partial charge in [0, 0.05) is 5.02 Å². The number of amides is 1. The zero-order valence-electron chi connectivity index (χ0n) is 12.3. The molecule has 2 aromatic rings.